The van der Waals surface area contributed by atoms with Gasteiger partial charge in [-0.05, 0) is 35.9 Å². The van der Waals surface area contributed by atoms with Gasteiger partial charge in [-0.2, -0.15) is 0 Å². The summed E-state index contributed by atoms with van der Waals surface area (Å²) in [6.07, 6.45) is -1.08. The molecule has 37 heavy (non-hydrogen) atoms. The van der Waals surface area contributed by atoms with Gasteiger partial charge in [0, 0.05) is 11.1 Å². The lowest BCUT2D eigenvalue weighted by molar-refractivity contribution is -0.127. The zero-order valence-corrected chi connectivity index (χ0v) is 20.3. The first-order chi connectivity index (χ1) is 17.8. The Morgan fingerprint density at radius 2 is 1.49 bits per heavy atom. The van der Waals surface area contributed by atoms with Crippen LogP contribution in [0.25, 0.3) is 0 Å². The van der Waals surface area contributed by atoms with Gasteiger partial charge in [0.15, 0.2) is 11.5 Å². The molecule has 1 aliphatic carbocycles. The highest BCUT2D eigenvalue weighted by Crippen LogP contribution is 2.58. The molecular weight excluding hydrogens is 521 g/mol. The second kappa shape index (κ2) is 7.64. The molecule has 2 fully saturated rings. The van der Waals surface area contributed by atoms with E-state index in [-0.39, 0.29) is 33.7 Å². The molecule has 2 saturated heterocycles. The van der Waals surface area contributed by atoms with Crippen LogP contribution in [0, 0.1) is 11.8 Å². The number of anilines is 1. The Labute approximate surface area is 219 Å². The smallest absolute Gasteiger partial charge is 0.241 e. The number of hydrogen-bond donors (Lipinski definition) is 0. The number of fused-ring (bicyclic) bond motifs is 4. The molecule has 7 rings (SSSR count). The van der Waals surface area contributed by atoms with Crippen molar-refractivity contribution in [2.45, 2.75) is 11.7 Å². The van der Waals surface area contributed by atoms with Gasteiger partial charge in [-0.25, -0.2) is 4.90 Å². The molecule has 3 aromatic rings. The van der Waals surface area contributed by atoms with Gasteiger partial charge < -0.3 is 14.2 Å². The van der Waals surface area contributed by atoms with E-state index in [1.165, 1.54) is 30.3 Å². The third-order valence-electron chi connectivity index (χ3n) is 7.41. The summed E-state index contributed by atoms with van der Waals surface area (Å²) in [6, 6.07) is 15.6. The highest BCUT2D eigenvalue weighted by Gasteiger charge is 2.74. The molecule has 0 saturated carbocycles. The maximum absolute atomic E-state index is 14.0. The summed E-state index contributed by atoms with van der Waals surface area (Å²) in [5.41, 5.74) is -1.19. The summed E-state index contributed by atoms with van der Waals surface area (Å²) in [4.78, 5) is 56.5. The van der Waals surface area contributed by atoms with Crippen molar-refractivity contribution in [3.8, 4) is 11.5 Å². The fourth-order valence-corrected chi connectivity index (χ4v) is 6.08. The Balaban J connectivity index is 1.41. The minimum Gasteiger partial charge on any atom is -0.454 e. The van der Waals surface area contributed by atoms with Crippen molar-refractivity contribution in [3.05, 3.63) is 87.4 Å². The van der Waals surface area contributed by atoms with E-state index < -0.39 is 46.9 Å². The molecule has 10 heteroatoms. The van der Waals surface area contributed by atoms with Crippen LogP contribution >= 0.6 is 23.2 Å². The number of ketones is 2. The monoisotopic (exact) mass is 535 g/mol. The fraction of sp³-hybridized carbons (Fsp3) is 0.185. The number of ether oxygens (including phenoxy) is 3. The lowest BCUT2D eigenvalue weighted by Gasteiger charge is -2.27. The number of imide groups is 1. The van der Waals surface area contributed by atoms with Crippen LogP contribution in [0.4, 0.5) is 5.69 Å². The second-order valence-corrected chi connectivity index (χ2v) is 10.0. The Morgan fingerprint density at radius 1 is 0.784 bits per heavy atom. The molecule has 3 atom stereocenters. The SMILES string of the molecule is O=C1[C@H]2[C@@H](c3ccc4c(c3)OCO4)OC3(C(=O)c4ccccc4C3=O)[C@H]2C(=O)N1c1ccc(Cl)c(Cl)c1. The van der Waals surface area contributed by atoms with E-state index >= 15 is 0 Å². The molecule has 8 nitrogen and oxygen atoms in total. The standard InChI is InChI=1S/C27H15Cl2NO7/c28-16-7-6-13(10-17(16)29)30-25(33)20-21(26(30)34)27(23(31)14-3-1-2-4-15(14)24(27)32)37-22(20)12-5-8-18-19(9-12)36-11-35-18/h1-10,20-22H,11H2/t20-,21-,22-/m1/s1. The maximum atomic E-state index is 14.0. The molecule has 0 unspecified atom stereocenters. The number of Topliss-reactive ketones (excluding diaryl/α,β-unsaturated/α-hetero) is 2. The van der Waals surface area contributed by atoms with Crippen molar-refractivity contribution in [1.29, 1.82) is 0 Å². The number of hydrogen-bond acceptors (Lipinski definition) is 7. The van der Waals surface area contributed by atoms with Crippen LogP contribution in [0.3, 0.4) is 0 Å². The second-order valence-electron chi connectivity index (χ2n) is 9.20. The van der Waals surface area contributed by atoms with Gasteiger partial charge in [0.25, 0.3) is 0 Å². The molecule has 3 aromatic carbocycles. The summed E-state index contributed by atoms with van der Waals surface area (Å²) < 4.78 is 17.2. The molecule has 0 aromatic heterocycles. The highest BCUT2D eigenvalue weighted by molar-refractivity contribution is 6.42. The molecular formula is C27H15Cl2NO7. The Hall–Kier alpha value is -3.72. The molecule has 2 amide bonds. The van der Waals surface area contributed by atoms with Crippen LogP contribution in [0.1, 0.15) is 32.4 Å². The van der Waals surface area contributed by atoms with Crippen LogP contribution in [-0.4, -0.2) is 35.8 Å². The zero-order chi connectivity index (χ0) is 25.6. The predicted octanol–water partition coefficient (Wildman–Crippen LogP) is 4.42. The number of amides is 2. The summed E-state index contributed by atoms with van der Waals surface area (Å²) >= 11 is 12.2. The molecule has 3 heterocycles. The van der Waals surface area contributed by atoms with E-state index in [9.17, 15) is 19.2 Å². The van der Waals surface area contributed by atoms with Crippen LogP contribution in [-0.2, 0) is 14.3 Å². The first-order valence-corrected chi connectivity index (χ1v) is 12.2. The molecule has 0 N–H and O–H groups in total. The van der Waals surface area contributed by atoms with E-state index in [0.717, 1.165) is 4.90 Å². The van der Waals surface area contributed by atoms with Gasteiger partial charge in [-0.15, -0.1) is 0 Å². The van der Waals surface area contributed by atoms with Gasteiger partial charge >= 0.3 is 0 Å². The van der Waals surface area contributed by atoms with Gasteiger partial charge in [-0.1, -0.05) is 53.5 Å². The maximum Gasteiger partial charge on any atom is 0.241 e. The van der Waals surface area contributed by atoms with Crippen LogP contribution in [0.2, 0.25) is 10.0 Å². The van der Waals surface area contributed by atoms with E-state index in [0.29, 0.717) is 17.1 Å². The third-order valence-corrected chi connectivity index (χ3v) is 8.14. The molecule has 4 aliphatic rings. The van der Waals surface area contributed by atoms with Gasteiger partial charge in [-0.3, -0.25) is 19.2 Å². The summed E-state index contributed by atoms with van der Waals surface area (Å²) in [7, 11) is 0. The number of rotatable bonds is 2. The average Bonchev–Trinajstić information content (AvgIpc) is 3.62. The highest BCUT2D eigenvalue weighted by atomic mass is 35.5. The molecule has 1 spiro atoms. The van der Waals surface area contributed by atoms with Crippen molar-refractivity contribution in [3.63, 3.8) is 0 Å². The number of halogens is 2. The minimum atomic E-state index is -2.17. The normalized spacial score (nSPS) is 24.8. The van der Waals surface area contributed by atoms with E-state index in [1.807, 2.05) is 0 Å². The van der Waals surface area contributed by atoms with Gasteiger partial charge in [0.05, 0.1) is 33.7 Å². The molecule has 0 radical (unpaired) electrons. The lowest BCUT2D eigenvalue weighted by atomic mass is 9.77. The van der Waals surface area contributed by atoms with Crippen molar-refractivity contribution < 1.29 is 33.4 Å². The molecule has 0 bridgehead atoms. The summed E-state index contributed by atoms with van der Waals surface area (Å²) in [6.45, 7) is 0.0368. The summed E-state index contributed by atoms with van der Waals surface area (Å²) in [5, 5.41) is 0.398. The quantitative estimate of drug-likeness (QED) is 0.353. The van der Waals surface area contributed by atoms with E-state index in [2.05, 4.69) is 0 Å². The number of carbonyl (C=O) groups excluding carboxylic acids is 4. The first-order valence-electron chi connectivity index (χ1n) is 11.4. The predicted molar refractivity (Wildman–Crippen MR) is 130 cm³/mol. The van der Waals surface area contributed by atoms with Crippen molar-refractivity contribution >= 4 is 52.3 Å². The van der Waals surface area contributed by atoms with E-state index in [4.69, 9.17) is 37.4 Å². The zero-order valence-electron chi connectivity index (χ0n) is 18.8. The van der Waals surface area contributed by atoms with Crippen molar-refractivity contribution in [2.24, 2.45) is 11.8 Å². The Morgan fingerprint density at radius 3 is 2.19 bits per heavy atom. The third kappa shape index (κ3) is 2.83. The van der Waals surface area contributed by atoms with Gasteiger partial charge in [0.1, 0.15) is 0 Å². The first kappa shape index (κ1) is 22.5. The average molecular weight is 536 g/mol. The Kier molecular flexibility index (Phi) is 4.64. The van der Waals surface area contributed by atoms with Gasteiger partial charge in [0.2, 0.25) is 35.8 Å². The van der Waals surface area contributed by atoms with E-state index in [1.54, 1.807) is 30.3 Å². The lowest BCUT2D eigenvalue weighted by Crippen LogP contribution is -2.51. The summed E-state index contributed by atoms with van der Waals surface area (Å²) in [5.74, 6) is -4.17. The van der Waals surface area contributed by atoms with Crippen molar-refractivity contribution in [1.82, 2.24) is 0 Å². The largest absolute Gasteiger partial charge is 0.454 e. The number of carbonyl (C=O) groups is 4. The minimum absolute atomic E-state index is 0.0368. The molecule has 3 aliphatic heterocycles. The number of nitrogens with zero attached hydrogens (tertiary/aromatic N) is 1. The fourth-order valence-electron chi connectivity index (χ4n) is 5.79. The van der Waals surface area contributed by atoms with Crippen LogP contribution in [0.5, 0.6) is 11.5 Å². The molecule has 184 valence electrons. The topological polar surface area (TPSA) is 99.2 Å². The van der Waals surface area contributed by atoms with Crippen molar-refractivity contribution in [2.75, 3.05) is 11.7 Å². The van der Waals surface area contributed by atoms with Crippen LogP contribution < -0.4 is 14.4 Å². The Bertz CT molecular complexity index is 1550. The number of benzene rings is 3. The van der Waals surface area contributed by atoms with Crippen LogP contribution in [0.15, 0.2) is 60.7 Å².